The van der Waals surface area contributed by atoms with Crippen molar-refractivity contribution in [1.82, 2.24) is 15.3 Å². The van der Waals surface area contributed by atoms with Crippen molar-refractivity contribution in [2.75, 3.05) is 6.61 Å². The van der Waals surface area contributed by atoms with E-state index in [1.165, 1.54) is 6.26 Å². The number of nitrogens with one attached hydrogen (secondary N) is 1. The lowest BCUT2D eigenvalue weighted by atomic mass is 9.94. The summed E-state index contributed by atoms with van der Waals surface area (Å²) < 4.78 is 16.8. The predicted octanol–water partition coefficient (Wildman–Crippen LogP) is 3.49. The summed E-state index contributed by atoms with van der Waals surface area (Å²) in [7, 11) is 0. The van der Waals surface area contributed by atoms with Crippen molar-refractivity contribution >= 4 is 16.8 Å². The Morgan fingerprint density at radius 2 is 2.25 bits per heavy atom. The molecule has 28 heavy (non-hydrogen) atoms. The third-order valence-corrected chi connectivity index (χ3v) is 4.75. The lowest BCUT2D eigenvalue weighted by molar-refractivity contribution is -0.0615. The standard InChI is InChI=1S/C21H23N3O4/c1-21(2)11-15(7-9-28-21)23-20(25)18-12-27-19(24-18)13-26-16-5-6-17-14(10-16)4-3-8-22-17/h3-6,8,10,12,15H,7,9,11,13H2,1-2H3,(H,23,25)/t15-/m0/s1. The minimum Gasteiger partial charge on any atom is -0.484 e. The van der Waals surface area contributed by atoms with E-state index in [1.807, 2.05) is 44.2 Å². The Morgan fingerprint density at radius 1 is 1.36 bits per heavy atom. The second-order valence-corrected chi connectivity index (χ2v) is 7.54. The van der Waals surface area contributed by atoms with Crippen LogP contribution in [0.4, 0.5) is 0 Å². The number of nitrogens with zero attached hydrogens (tertiary/aromatic N) is 2. The van der Waals surface area contributed by atoms with E-state index in [-0.39, 0.29) is 29.9 Å². The van der Waals surface area contributed by atoms with Crippen LogP contribution in [0, 0.1) is 0 Å². The molecule has 1 amide bonds. The molecule has 7 heteroatoms. The number of carbonyl (C=O) groups excluding carboxylic acids is 1. The van der Waals surface area contributed by atoms with Gasteiger partial charge in [0, 0.05) is 24.2 Å². The van der Waals surface area contributed by atoms with E-state index in [2.05, 4.69) is 15.3 Å². The molecule has 0 spiro atoms. The Morgan fingerprint density at radius 3 is 3.11 bits per heavy atom. The minimum atomic E-state index is -0.241. The molecule has 7 nitrogen and oxygen atoms in total. The van der Waals surface area contributed by atoms with E-state index in [4.69, 9.17) is 13.9 Å². The second kappa shape index (κ2) is 7.59. The Hall–Kier alpha value is -2.93. The Labute approximate surface area is 163 Å². The van der Waals surface area contributed by atoms with Crippen LogP contribution < -0.4 is 10.1 Å². The first-order chi connectivity index (χ1) is 13.5. The van der Waals surface area contributed by atoms with Crippen molar-refractivity contribution in [1.29, 1.82) is 0 Å². The molecule has 0 saturated carbocycles. The zero-order valence-corrected chi connectivity index (χ0v) is 16.0. The van der Waals surface area contributed by atoms with Gasteiger partial charge in [-0.3, -0.25) is 9.78 Å². The van der Waals surface area contributed by atoms with Gasteiger partial charge in [-0.25, -0.2) is 4.98 Å². The van der Waals surface area contributed by atoms with Gasteiger partial charge in [-0.05, 0) is 51.0 Å². The van der Waals surface area contributed by atoms with Gasteiger partial charge in [-0.15, -0.1) is 0 Å². The average molecular weight is 381 g/mol. The lowest BCUT2D eigenvalue weighted by Gasteiger charge is -2.35. The van der Waals surface area contributed by atoms with Crippen LogP contribution in [0.5, 0.6) is 5.75 Å². The fourth-order valence-electron chi connectivity index (χ4n) is 3.38. The number of oxazole rings is 1. The van der Waals surface area contributed by atoms with Gasteiger partial charge in [-0.1, -0.05) is 6.07 Å². The molecule has 1 saturated heterocycles. The van der Waals surface area contributed by atoms with Crippen molar-refractivity contribution < 1.29 is 18.7 Å². The van der Waals surface area contributed by atoms with Gasteiger partial charge >= 0.3 is 0 Å². The number of rotatable bonds is 5. The van der Waals surface area contributed by atoms with Crippen LogP contribution in [0.15, 0.2) is 47.2 Å². The van der Waals surface area contributed by atoms with Crippen LogP contribution >= 0.6 is 0 Å². The highest BCUT2D eigenvalue weighted by Gasteiger charge is 2.30. The summed E-state index contributed by atoms with van der Waals surface area (Å²) in [5, 5.41) is 4.00. The molecule has 1 atom stereocenters. The molecule has 0 radical (unpaired) electrons. The first-order valence-electron chi connectivity index (χ1n) is 9.35. The van der Waals surface area contributed by atoms with Crippen molar-refractivity contribution in [2.24, 2.45) is 0 Å². The fraction of sp³-hybridized carbons (Fsp3) is 0.381. The van der Waals surface area contributed by atoms with Crippen LogP contribution in [-0.2, 0) is 11.3 Å². The van der Waals surface area contributed by atoms with Gasteiger partial charge in [-0.2, -0.15) is 0 Å². The molecule has 3 aromatic rings. The zero-order valence-electron chi connectivity index (χ0n) is 16.0. The molecular weight excluding hydrogens is 358 g/mol. The lowest BCUT2D eigenvalue weighted by Crippen LogP contribution is -2.45. The number of hydrogen-bond donors (Lipinski definition) is 1. The van der Waals surface area contributed by atoms with Crippen LogP contribution in [0.25, 0.3) is 10.9 Å². The molecule has 0 aliphatic carbocycles. The fourth-order valence-corrected chi connectivity index (χ4v) is 3.38. The highest BCUT2D eigenvalue weighted by molar-refractivity contribution is 5.92. The topological polar surface area (TPSA) is 86.5 Å². The normalized spacial score (nSPS) is 18.7. The molecule has 4 rings (SSSR count). The summed E-state index contributed by atoms with van der Waals surface area (Å²) >= 11 is 0. The Balaban J connectivity index is 1.35. The van der Waals surface area contributed by atoms with Crippen LogP contribution in [0.2, 0.25) is 0 Å². The van der Waals surface area contributed by atoms with E-state index in [1.54, 1.807) is 6.20 Å². The summed E-state index contributed by atoms with van der Waals surface area (Å²) in [4.78, 5) is 21.0. The van der Waals surface area contributed by atoms with Crippen LogP contribution in [0.3, 0.4) is 0 Å². The predicted molar refractivity (Wildman–Crippen MR) is 103 cm³/mol. The van der Waals surface area contributed by atoms with E-state index < -0.39 is 0 Å². The Bertz CT molecular complexity index is 982. The van der Waals surface area contributed by atoms with Gasteiger partial charge in [0.15, 0.2) is 12.3 Å². The summed E-state index contributed by atoms with van der Waals surface area (Å²) in [5.74, 6) is 0.798. The van der Waals surface area contributed by atoms with Crippen molar-refractivity contribution in [2.45, 2.75) is 44.9 Å². The number of aromatic nitrogens is 2. The molecule has 1 aromatic carbocycles. The monoisotopic (exact) mass is 381 g/mol. The zero-order chi connectivity index (χ0) is 19.6. The molecule has 1 aliphatic heterocycles. The maximum atomic E-state index is 12.4. The van der Waals surface area contributed by atoms with Crippen molar-refractivity contribution in [3.63, 3.8) is 0 Å². The molecule has 146 valence electrons. The smallest absolute Gasteiger partial charge is 0.273 e. The first kappa shape index (κ1) is 18.4. The minimum absolute atomic E-state index is 0.0684. The molecule has 0 unspecified atom stereocenters. The van der Waals surface area contributed by atoms with Gasteiger partial charge in [0.05, 0.1) is 11.1 Å². The van der Waals surface area contributed by atoms with Crippen LogP contribution in [0.1, 0.15) is 43.1 Å². The van der Waals surface area contributed by atoms with Crippen LogP contribution in [-0.4, -0.2) is 34.1 Å². The highest BCUT2D eigenvalue weighted by Crippen LogP contribution is 2.24. The van der Waals surface area contributed by atoms with E-state index >= 15 is 0 Å². The molecular formula is C21H23N3O4. The number of amides is 1. The maximum absolute atomic E-state index is 12.4. The molecule has 1 fully saturated rings. The largest absolute Gasteiger partial charge is 0.484 e. The molecule has 2 aromatic heterocycles. The average Bonchev–Trinajstić information content (AvgIpc) is 3.15. The molecule has 1 aliphatic rings. The number of benzene rings is 1. The summed E-state index contributed by atoms with van der Waals surface area (Å²) in [6, 6.07) is 9.57. The van der Waals surface area contributed by atoms with Crippen molar-refractivity contribution in [3.8, 4) is 5.75 Å². The molecule has 1 N–H and O–H groups in total. The number of ether oxygens (including phenoxy) is 2. The second-order valence-electron chi connectivity index (χ2n) is 7.54. The number of hydrogen-bond acceptors (Lipinski definition) is 6. The quantitative estimate of drug-likeness (QED) is 0.728. The number of fused-ring (bicyclic) bond motifs is 1. The third kappa shape index (κ3) is 4.31. The summed E-state index contributed by atoms with van der Waals surface area (Å²) in [5.41, 5.74) is 0.931. The Kier molecular flexibility index (Phi) is 5.00. The number of carbonyl (C=O) groups is 1. The van der Waals surface area contributed by atoms with E-state index in [9.17, 15) is 4.79 Å². The summed E-state index contributed by atoms with van der Waals surface area (Å²) in [6.45, 7) is 4.83. The van der Waals surface area contributed by atoms with E-state index in [0.717, 1.165) is 23.7 Å². The van der Waals surface area contributed by atoms with E-state index in [0.29, 0.717) is 18.2 Å². The third-order valence-electron chi connectivity index (χ3n) is 4.75. The van der Waals surface area contributed by atoms with Crippen molar-refractivity contribution in [3.05, 3.63) is 54.4 Å². The first-order valence-corrected chi connectivity index (χ1v) is 9.35. The number of pyridine rings is 1. The van der Waals surface area contributed by atoms with Gasteiger partial charge in [0.2, 0.25) is 5.89 Å². The molecule has 0 bridgehead atoms. The maximum Gasteiger partial charge on any atom is 0.273 e. The summed E-state index contributed by atoms with van der Waals surface area (Å²) in [6.07, 6.45) is 4.68. The highest BCUT2D eigenvalue weighted by atomic mass is 16.5. The van der Waals surface area contributed by atoms with Gasteiger partial charge in [0.25, 0.3) is 5.91 Å². The van der Waals surface area contributed by atoms with Gasteiger partial charge in [0.1, 0.15) is 12.0 Å². The molecule has 3 heterocycles. The van der Waals surface area contributed by atoms with Gasteiger partial charge < -0.3 is 19.2 Å². The SMILES string of the molecule is CC1(C)C[C@@H](NC(=O)c2coc(COc3ccc4ncccc4c3)n2)CCO1.